The standard InChI is InChI=1S/C31H38FN3O4S/c1-5-7-20-33-31(37)28(6-2)34(21-25-16-12-23(3)13-17-25)30(36)22-35(29-11-9-8-10-27(29)32)40(38,39)26-18-14-24(4)15-19-26/h8-19,28H,5-7,20-22H2,1-4H3,(H,33,37)/t28-/m0/s1. The normalized spacial score (nSPS) is 12.0. The molecular formula is C31H38FN3O4S. The maximum absolute atomic E-state index is 15.0. The van der Waals surface area contributed by atoms with Gasteiger partial charge in [-0.05, 0) is 56.5 Å². The molecule has 3 rings (SSSR count). The molecule has 1 N–H and O–H groups in total. The van der Waals surface area contributed by atoms with Crippen LogP contribution in [0.1, 0.15) is 49.8 Å². The Morgan fingerprint density at radius 2 is 1.50 bits per heavy atom. The zero-order chi connectivity index (χ0) is 29.3. The topological polar surface area (TPSA) is 86.8 Å². The SMILES string of the molecule is CCCCNC(=O)[C@H](CC)N(Cc1ccc(C)cc1)C(=O)CN(c1ccccc1F)S(=O)(=O)c1ccc(C)cc1. The Labute approximate surface area is 237 Å². The number of rotatable bonds is 13. The first-order chi connectivity index (χ1) is 19.1. The van der Waals surface area contributed by atoms with Crippen molar-refractivity contribution in [2.75, 3.05) is 17.4 Å². The molecule has 0 fully saturated rings. The van der Waals surface area contributed by atoms with Crippen LogP contribution in [0.5, 0.6) is 0 Å². The van der Waals surface area contributed by atoms with Crippen molar-refractivity contribution < 1.29 is 22.4 Å². The Kier molecular flexibility index (Phi) is 10.8. The van der Waals surface area contributed by atoms with E-state index in [1.165, 1.54) is 35.2 Å². The van der Waals surface area contributed by atoms with Crippen molar-refractivity contribution in [1.82, 2.24) is 10.2 Å². The van der Waals surface area contributed by atoms with E-state index in [9.17, 15) is 18.0 Å². The van der Waals surface area contributed by atoms with E-state index in [-0.39, 0.29) is 23.0 Å². The maximum Gasteiger partial charge on any atom is 0.264 e. The van der Waals surface area contributed by atoms with Crippen LogP contribution in [-0.2, 0) is 26.2 Å². The fourth-order valence-electron chi connectivity index (χ4n) is 4.32. The number of anilines is 1. The number of nitrogens with one attached hydrogen (secondary N) is 1. The predicted octanol–water partition coefficient (Wildman–Crippen LogP) is 5.36. The van der Waals surface area contributed by atoms with Crippen molar-refractivity contribution >= 4 is 27.5 Å². The molecule has 214 valence electrons. The Hall–Kier alpha value is -3.72. The van der Waals surface area contributed by atoms with Crippen molar-refractivity contribution in [3.63, 3.8) is 0 Å². The molecular weight excluding hydrogens is 529 g/mol. The number of para-hydroxylation sites is 1. The second kappa shape index (κ2) is 14.1. The monoisotopic (exact) mass is 567 g/mol. The lowest BCUT2D eigenvalue weighted by Gasteiger charge is -2.33. The van der Waals surface area contributed by atoms with Gasteiger partial charge in [-0.2, -0.15) is 0 Å². The summed E-state index contributed by atoms with van der Waals surface area (Å²) in [5, 5.41) is 2.90. The first-order valence-corrected chi connectivity index (χ1v) is 15.0. The smallest absolute Gasteiger partial charge is 0.264 e. The second-order valence-corrected chi connectivity index (χ2v) is 11.7. The summed E-state index contributed by atoms with van der Waals surface area (Å²) in [5.74, 6) is -1.70. The van der Waals surface area contributed by atoms with Crippen LogP contribution < -0.4 is 9.62 Å². The van der Waals surface area contributed by atoms with Gasteiger partial charge in [-0.15, -0.1) is 0 Å². The van der Waals surface area contributed by atoms with Crippen molar-refractivity contribution in [3.8, 4) is 0 Å². The van der Waals surface area contributed by atoms with Crippen molar-refractivity contribution in [3.05, 3.63) is 95.3 Å². The summed E-state index contributed by atoms with van der Waals surface area (Å²) in [5.41, 5.74) is 2.45. The lowest BCUT2D eigenvalue weighted by molar-refractivity contribution is -0.140. The Bertz CT molecular complexity index is 1390. The van der Waals surface area contributed by atoms with Gasteiger partial charge in [0.2, 0.25) is 11.8 Å². The fraction of sp³-hybridized carbons (Fsp3) is 0.355. The van der Waals surface area contributed by atoms with E-state index in [1.807, 2.05) is 45.0 Å². The quantitative estimate of drug-likeness (QED) is 0.282. The van der Waals surface area contributed by atoms with Crippen LogP contribution in [0.2, 0.25) is 0 Å². The first kappa shape index (κ1) is 30.8. The van der Waals surface area contributed by atoms with Crippen molar-refractivity contribution in [2.45, 2.75) is 64.4 Å². The number of halogens is 1. The largest absolute Gasteiger partial charge is 0.354 e. The molecule has 2 amide bonds. The molecule has 7 nitrogen and oxygen atoms in total. The van der Waals surface area contributed by atoms with Crippen LogP contribution >= 0.6 is 0 Å². The minimum Gasteiger partial charge on any atom is -0.354 e. The summed E-state index contributed by atoms with van der Waals surface area (Å²) >= 11 is 0. The van der Waals surface area contributed by atoms with Gasteiger partial charge in [0.1, 0.15) is 18.4 Å². The van der Waals surface area contributed by atoms with E-state index >= 15 is 4.39 Å². The molecule has 9 heteroatoms. The molecule has 3 aromatic carbocycles. The minimum absolute atomic E-state index is 0.0661. The average molecular weight is 568 g/mol. The lowest BCUT2D eigenvalue weighted by Crippen LogP contribution is -2.52. The van der Waals surface area contributed by atoms with Gasteiger partial charge in [-0.1, -0.05) is 79.9 Å². The average Bonchev–Trinajstić information content (AvgIpc) is 2.93. The molecule has 0 aromatic heterocycles. The van der Waals surface area contributed by atoms with Crippen LogP contribution in [0.15, 0.2) is 77.7 Å². The van der Waals surface area contributed by atoms with E-state index < -0.39 is 34.3 Å². The number of benzene rings is 3. The number of sulfonamides is 1. The van der Waals surface area contributed by atoms with Gasteiger partial charge in [0.25, 0.3) is 10.0 Å². The lowest BCUT2D eigenvalue weighted by atomic mass is 10.1. The van der Waals surface area contributed by atoms with Crippen LogP contribution in [0.25, 0.3) is 0 Å². The molecule has 1 atom stereocenters. The number of nitrogens with zero attached hydrogens (tertiary/aromatic N) is 2. The zero-order valence-electron chi connectivity index (χ0n) is 23.6. The van der Waals surface area contributed by atoms with Gasteiger partial charge in [-0.25, -0.2) is 12.8 Å². The zero-order valence-corrected chi connectivity index (χ0v) is 24.4. The van der Waals surface area contributed by atoms with Crippen molar-refractivity contribution in [1.29, 1.82) is 0 Å². The highest BCUT2D eigenvalue weighted by atomic mass is 32.2. The Balaban J connectivity index is 2.04. The molecule has 0 heterocycles. The number of unbranched alkanes of at least 4 members (excludes halogenated alkanes) is 1. The third kappa shape index (κ3) is 7.69. The number of carbonyl (C=O) groups excluding carboxylic acids is 2. The van der Waals surface area contributed by atoms with Crippen molar-refractivity contribution in [2.24, 2.45) is 0 Å². The number of hydrogen-bond acceptors (Lipinski definition) is 4. The van der Waals surface area contributed by atoms with Gasteiger partial charge < -0.3 is 10.2 Å². The fourth-order valence-corrected chi connectivity index (χ4v) is 5.74. The third-order valence-electron chi connectivity index (χ3n) is 6.70. The summed E-state index contributed by atoms with van der Waals surface area (Å²) in [6.45, 7) is 7.48. The number of amides is 2. The van der Waals surface area contributed by atoms with E-state index in [1.54, 1.807) is 19.1 Å². The Morgan fingerprint density at radius 1 is 0.900 bits per heavy atom. The predicted molar refractivity (Wildman–Crippen MR) is 156 cm³/mol. The number of hydrogen-bond donors (Lipinski definition) is 1. The summed E-state index contributed by atoms with van der Waals surface area (Å²) in [6.07, 6.45) is 2.02. The molecule has 0 aliphatic rings. The summed E-state index contributed by atoms with van der Waals surface area (Å²) < 4.78 is 43.4. The number of carbonyl (C=O) groups is 2. The summed E-state index contributed by atoms with van der Waals surface area (Å²) in [4.78, 5) is 28.5. The molecule has 0 aliphatic carbocycles. The maximum atomic E-state index is 15.0. The summed E-state index contributed by atoms with van der Waals surface area (Å²) in [6, 6.07) is 18.3. The van der Waals surface area contributed by atoms with E-state index in [0.29, 0.717) is 13.0 Å². The number of aryl methyl sites for hydroxylation is 2. The van der Waals surface area contributed by atoms with Gasteiger partial charge >= 0.3 is 0 Å². The molecule has 40 heavy (non-hydrogen) atoms. The van der Waals surface area contributed by atoms with Crippen LogP contribution in [0.4, 0.5) is 10.1 Å². The molecule has 0 radical (unpaired) electrons. The van der Waals surface area contributed by atoms with E-state index in [0.717, 1.165) is 39.9 Å². The first-order valence-electron chi connectivity index (χ1n) is 13.5. The van der Waals surface area contributed by atoms with Gasteiger partial charge in [0.15, 0.2) is 0 Å². The Morgan fingerprint density at radius 3 is 2.08 bits per heavy atom. The highest BCUT2D eigenvalue weighted by Crippen LogP contribution is 2.27. The van der Waals surface area contributed by atoms with Gasteiger partial charge in [0, 0.05) is 13.1 Å². The van der Waals surface area contributed by atoms with Crippen LogP contribution in [0, 0.1) is 19.7 Å². The van der Waals surface area contributed by atoms with Crippen LogP contribution in [0.3, 0.4) is 0 Å². The molecule has 0 saturated heterocycles. The molecule has 3 aromatic rings. The molecule has 0 saturated carbocycles. The second-order valence-electron chi connectivity index (χ2n) is 9.85. The van der Waals surface area contributed by atoms with Gasteiger partial charge in [-0.3, -0.25) is 13.9 Å². The van der Waals surface area contributed by atoms with Gasteiger partial charge in [0.05, 0.1) is 10.6 Å². The molecule has 0 aliphatic heterocycles. The third-order valence-corrected chi connectivity index (χ3v) is 8.47. The molecule has 0 spiro atoms. The highest BCUT2D eigenvalue weighted by molar-refractivity contribution is 7.92. The van der Waals surface area contributed by atoms with E-state index in [4.69, 9.17) is 0 Å². The molecule has 0 bridgehead atoms. The van der Waals surface area contributed by atoms with E-state index in [2.05, 4.69) is 5.32 Å². The minimum atomic E-state index is -4.33. The highest BCUT2D eigenvalue weighted by Gasteiger charge is 2.34. The van der Waals surface area contributed by atoms with Crippen LogP contribution in [-0.4, -0.2) is 44.3 Å². The summed E-state index contributed by atoms with van der Waals surface area (Å²) in [7, 11) is -4.33. The molecule has 0 unspecified atom stereocenters.